The van der Waals surface area contributed by atoms with E-state index in [9.17, 15) is 4.79 Å². The van der Waals surface area contributed by atoms with E-state index in [0.29, 0.717) is 13.0 Å². The van der Waals surface area contributed by atoms with Crippen LogP contribution in [0.25, 0.3) is 0 Å². The number of hydrogen-bond acceptors (Lipinski definition) is 4. The van der Waals surface area contributed by atoms with Gasteiger partial charge in [0.2, 0.25) is 5.91 Å². The minimum Gasteiger partial charge on any atom is -0.496 e. The summed E-state index contributed by atoms with van der Waals surface area (Å²) in [6.45, 7) is 2.50. The van der Waals surface area contributed by atoms with Crippen LogP contribution in [0.5, 0.6) is 5.75 Å². The molecule has 0 radical (unpaired) electrons. The van der Waals surface area contributed by atoms with Crippen LogP contribution in [-0.4, -0.2) is 50.8 Å². The lowest BCUT2D eigenvalue weighted by molar-refractivity contribution is -0.133. The third-order valence-electron chi connectivity index (χ3n) is 3.67. The first-order valence-electron chi connectivity index (χ1n) is 7.14. The number of para-hydroxylation sites is 1. The van der Waals surface area contributed by atoms with Gasteiger partial charge in [-0.1, -0.05) is 18.2 Å². The number of amides is 1. The average Bonchev–Trinajstić information content (AvgIpc) is 2.51. The van der Waals surface area contributed by atoms with E-state index in [2.05, 4.69) is 0 Å². The van der Waals surface area contributed by atoms with Gasteiger partial charge in [-0.2, -0.15) is 0 Å². The molecule has 0 spiro atoms. The van der Waals surface area contributed by atoms with Crippen LogP contribution in [0, 0.1) is 0 Å². The number of ether oxygens (including phenoxy) is 2. The third kappa shape index (κ3) is 5.02. The molecule has 0 aliphatic carbocycles. The van der Waals surface area contributed by atoms with Gasteiger partial charge >= 0.3 is 0 Å². The quantitative estimate of drug-likeness (QED) is 0.788. The second-order valence-corrected chi connectivity index (χ2v) is 5.20. The van der Waals surface area contributed by atoms with Gasteiger partial charge in [-0.3, -0.25) is 4.79 Å². The highest BCUT2D eigenvalue weighted by Gasteiger charge is 2.22. The molecule has 0 heterocycles. The van der Waals surface area contributed by atoms with Gasteiger partial charge in [0, 0.05) is 26.8 Å². The molecule has 5 nitrogen and oxygen atoms in total. The number of nitrogens with two attached hydrogens (primary N) is 1. The minimum atomic E-state index is -0.518. The van der Waals surface area contributed by atoms with Gasteiger partial charge in [-0.15, -0.1) is 0 Å². The summed E-state index contributed by atoms with van der Waals surface area (Å²) in [5.41, 5.74) is 6.98. The molecule has 5 heteroatoms. The maximum absolute atomic E-state index is 12.2. The molecule has 1 aromatic rings. The highest BCUT2D eigenvalue weighted by molar-refractivity contribution is 5.81. The fourth-order valence-corrected chi connectivity index (χ4v) is 2.17. The fourth-order valence-electron chi connectivity index (χ4n) is 2.17. The van der Waals surface area contributed by atoms with Crippen LogP contribution in [0.2, 0.25) is 0 Å². The number of likely N-dealkylation sites (N-methyl/N-ethyl adjacent to an activating group) is 1. The second-order valence-electron chi connectivity index (χ2n) is 5.20. The first-order chi connectivity index (χ1) is 10.0. The van der Waals surface area contributed by atoms with E-state index >= 15 is 0 Å². The zero-order chi connectivity index (χ0) is 15.8. The summed E-state index contributed by atoms with van der Waals surface area (Å²) in [7, 11) is 5.04. The van der Waals surface area contributed by atoms with Crippen molar-refractivity contribution in [2.24, 2.45) is 5.73 Å². The summed E-state index contributed by atoms with van der Waals surface area (Å²) in [6, 6.07) is 7.36. The van der Waals surface area contributed by atoms with E-state index in [1.54, 1.807) is 26.2 Å². The second kappa shape index (κ2) is 8.64. The molecule has 0 aliphatic rings. The van der Waals surface area contributed by atoms with E-state index in [0.717, 1.165) is 17.7 Å². The Labute approximate surface area is 127 Å². The number of nitrogens with zero attached hydrogens (tertiary/aromatic N) is 1. The first-order valence-corrected chi connectivity index (χ1v) is 7.14. The Bertz CT molecular complexity index is 451. The lowest BCUT2D eigenvalue weighted by atomic mass is 10.0. The summed E-state index contributed by atoms with van der Waals surface area (Å²) in [5.74, 6) is 0.781. The lowest BCUT2D eigenvalue weighted by Gasteiger charge is -2.28. The van der Waals surface area contributed by atoms with Crippen LogP contribution in [0.3, 0.4) is 0 Å². The normalized spacial score (nSPS) is 13.6. The smallest absolute Gasteiger partial charge is 0.239 e. The zero-order valence-corrected chi connectivity index (χ0v) is 13.3. The van der Waals surface area contributed by atoms with Crippen LogP contribution in [-0.2, 0) is 16.0 Å². The van der Waals surface area contributed by atoms with Crippen molar-refractivity contribution in [2.45, 2.75) is 31.8 Å². The zero-order valence-electron chi connectivity index (χ0n) is 13.3. The Morgan fingerprint density at radius 1 is 1.33 bits per heavy atom. The molecule has 0 aliphatic heterocycles. The summed E-state index contributed by atoms with van der Waals surface area (Å²) in [6.07, 6.45) is 1.25. The van der Waals surface area contributed by atoms with E-state index in [1.807, 2.05) is 31.2 Å². The van der Waals surface area contributed by atoms with Crippen LogP contribution >= 0.6 is 0 Å². The molecule has 0 aromatic heterocycles. The molecule has 0 saturated heterocycles. The summed E-state index contributed by atoms with van der Waals surface area (Å²) >= 11 is 0. The topological polar surface area (TPSA) is 64.8 Å². The van der Waals surface area contributed by atoms with E-state index in [4.69, 9.17) is 15.2 Å². The van der Waals surface area contributed by atoms with Gasteiger partial charge in [-0.05, 0) is 31.4 Å². The molecule has 0 fully saturated rings. The number of methoxy groups -OCH3 is 2. The number of rotatable bonds is 8. The molecule has 2 atom stereocenters. The van der Waals surface area contributed by atoms with Crippen molar-refractivity contribution in [1.29, 1.82) is 0 Å². The van der Waals surface area contributed by atoms with Crippen molar-refractivity contribution in [1.82, 2.24) is 4.90 Å². The molecule has 118 valence electrons. The van der Waals surface area contributed by atoms with E-state index in [-0.39, 0.29) is 11.9 Å². The number of benzene rings is 1. The van der Waals surface area contributed by atoms with Crippen LogP contribution in [0.4, 0.5) is 0 Å². The molecule has 1 rings (SSSR count). The standard InChI is InChI=1S/C16H26N2O3/c1-12(11-13-7-5-6-8-15(13)21-4)18(2)16(19)14(17)9-10-20-3/h5-8,12,14H,9-11,17H2,1-4H3. The molecule has 1 amide bonds. The molecule has 21 heavy (non-hydrogen) atoms. The Morgan fingerprint density at radius 3 is 2.62 bits per heavy atom. The summed E-state index contributed by atoms with van der Waals surface area (Å²) in [4.78, 5) is 14.0. The van der Waals surface area contributed by atoms with Crippen molar-refractivity contribution >= 4 is 5.91 Å². The van der Waals surface area contributed by atoms with E-state index < -0.39 is 6.04 Å². The van der Waals surface area contributed by atoms with Gasteiger partial charge in [0.25, 0.3) is 0 Å². The van der Waals surface area contributed by atoms with E-state index in [1.165, 1.54) is 0 Å². The molecule has 0 saturated carbocycles. The Kier molecular flexibility index (Phi) is 7.19. The maximum atomic E-state index is 12.2. The molecule has 0 bridgehead atoms. The Hall–Kier alpha value is -1.59. The largest absolute Gasteiger partial charge is 0.496 e. The van der Waals surface area contributed by atoms with Crippen molar-refractivity contribution in [2.75, 3.05) is 27.9 Å². The monoisotopic (exact) mass is 294 g/mol. The van der Waals surface area contributed by atoms with Gasteiger partial charge in [0.15, 0.2) is 0 Å². The number of carbonyl (C=O) groups is 1. The highest BCUT2D eigenvalue weighted by atomic mass is 16.5. The van der Waals surface area contributed by atoms with Gasteiger partial charge < -0.3 is 20.1 Å². The summed E-state index contributed by atoms with van der Waals surface area (Å²) < 4.78 is 10.3. The summed E-state index contributed by atoms with van der Waals surface area (Å²) in [5, 5.41) is 0. The Balaban J connectivity index is 2.65. The Morgan fingerprint density at radius 2 is 2.00 bits per heavy atom. The van der Waals surface area contributed by atoms with Crippen molar-refractivity contribution in [3.63, 3.8) is 0 Å². The molecular weight excluding hydrogens is 268 g/mol. The fraction of sp³-hybridized carbons (Fsp3) is 0.562. The first kappa shape index (κ1) is 17.5. The average molecular weight is 294 g/mol. The minimum absolute atomic E-state index is 0.0439. The van der Waals surface area contributed by atoms with Crippen molar-refractivity contribution < 1.29 is 14.3 Å². The third-order valence-corrected chi connectivity index (χ3v) is 3.67. The molecular formula is C16H26N2O3. The molecule has 1 aromatic carbocycles. The van der Waals surface area contributed by atoms with Crippen LogP contribution in [0.1, 0.15) is 18.9 Å². The predicted octanol–water partition coefficient (Wildman–Crippen LogP) is 1.45. The lowest BCUT2D eigenvalue weighted by Crippen LogP contribution is -2.46. The predicted molar refractivity (Wildman–Crippen MR) is 83.4 cm³/mol. The maximum Gasteiger partial charge on any atom is 0.239 e. The van der Waals surface area contributed by atoms with Gasteiger partial charge in [0.1, 0.15) is 5.75 Å². The van der Waals surface area contributed by atoms with Crippen molar-refractivity contribution in [3.8, 4) is 5.75 Å². The molecule has 2 N–H and O–H groups in total. The van der Waals surface area contributed by atoms with Crippen LogP contribution < -0.4 is 10.5 Å². The van der Waals surface area contributed by atoms with Gasteiger partial charge in [-0.25, -0.2) is 0 Å². The molecule has 2 unspecified atom stereocenters. The number of carbonyl (C=O) groups excluding carboxylic acids is 1. The SMILES string of the molecule is COCCC(N)C(=O)N(C)C(C)Cc1ccccc1OC. The number of hydrogen-bond donors (Lipinski definition) is 1. The van der Waals surface area contributed by atoms with Crippen LogP contribution in [0.15, 0.2) is 24.3 Å². The van der Waals surface area contributed by atoms with Gasteiger partial charge in [0.05, 0.1) is 13.2 Å². The highest BCUT2D eigenvalue weighted by Crippen LogP contribution is 2.20. The van der Waals surface area contributed by atoms with Crippen molar-refractivity contribution in [3.05, 3.63) is 29.8 Å².